The highest BCUT2D eigenvalue weighted by Gasteiger charge is 2.42. The summed E-state index contributed by atoms with van der Waals surface area (Å²) in [6.45, 7) is 3.96. The van der Waals surface area contributed by atoms with Crippen LogP contribution in [0.4, 0.5) is 16.2 Å². The lowest BCUT2D eigenvalue weighted by molar-refractivity contribution is -0.360. The average molecular weight is 352 g/mol. The molecule has 0 fully saturated rings. The number of carbonyl (C=O) groups is 1. The van der Waals surface area contributed by atoms with Crippen LogP contribution in [0.3, 0.4) is 0 Å². The monoisotopic (exact) mass is 352 g/mol. The van der Waals surface area contributed by atoms with Crippen molar-refractivity contribution in [1.82, 2.24) is 20.2 Å². The number of nitrogens with zero attached hydrogens (tertiary/aromatic N) is 4. The summed E-state index contributed by atoms with van der Waals surface area (Å²) < 4.78 is 14.9. The summed E-state index contributed by atoms with van der Waals surface area (Å²) in [5.41, 5.74) is 1.15. The van der Waals surface area contributed by atoms with E-state index in [-0.39, 0.29) is 11.7 Å². The maximum absolute atomic E-state index is 13.3. The fraction of sp³-hybridized carbons (Fsp3) is 0.118. The molecule has 2 unspecified atom stereocenters. The van der Waals surface area contributed by atoms with E-state index >= 15 is 0 Å². The topological polar surface area (TPSA) is 98.9 Å². The Hall–Kier alpha value is -3.62. The average Bonchev–Trinajstić information content (AvgIpc) is 3.10. The Kier molecular flexibility index (Phi) is 3.88. The highest BCUT2D eigenvalue weighted by molar-refractivity contribution is 5.94. The highest BCUT2D eigenvalue weighted by atomic mass is 19.1. The van der Waals surface area contributed by atoms with Crippen molar-refractivity contribution in [3.63, 3.8) is 0 Å². The van der Waals surface area contributed by atoms with E-state index in [4.69, 9.17) is 0 Å². The smallest absolute Gasteiger partial charge is 0.319 e. The molecule has 3 aromatic rings. The number of amides is 1. The molecule has 4 rings (SSSR count). The number of carbonyl (C=O) groups excluding carboxylic acids is 1. The number of anilines is 2. The van der Waals surface area contributed by atoms with Gasteiger partial charge in [-0.05, 0) is 34.2 Å². The molecule has 0 radical (unpaired) electrons. The van der Waals surface area contributed by atoms with Gasteiger partial charge in [0.15, 0.2) is 0 Å². The maximum Gasteiger partial charge on any atom is 0.319 e. The Bertz CT molecular complexity index is 955. The molecule has 0 bridgehead atoms. The van der Waals surface area contributed by atoms with Gasteiger partial charge in [0, 0.05) is 11.8 Å². The highest BCUT2D eigenvalue weighted by Crippen LogP contribution is 2.37. The molecule has 1 aliphatic heterocycles. The summed E-state index contributed by atoms with van der Waals surface area (Å²) in [6.07, 6.45) is 1.71. The molecule has 0 aliphatic carbocycles. The van der Waals surface area contributed by atoms with E-state index in [1.165, 1.54) is 16.8 Å². The third kappa shape index (κ3) is 2.79. The summed E-state index contributed by atoms with van der Waals surface area (Å²) >= 11 is 0. The van der Waals surface area contributed by atoms with Gasteiger partial charge in [0.1, 0.15) is 17.8 Å². The van der Waals surface area contributed by atoms with Crippen molar-refractivity contribution in [2.45, 2.75) is 6.04 Å². The number of pyridine rings is 1. The van der Waals surface area contributed by atoms with Gasteiger partial charge in [0.05, 0.1) is 6.20 Å². The fourth-order valence-electron chi connectivity index (χ4n) is 2.99. The predicted octanol–water partition coefficient (Wildman–Crippen LogP) is 1.41. The molecule has 3 heterocycles. The van der Waals surface area contributed by atoms with Crippen molar-refractivity contribution in [3.8, 4) is 0 Å². The Balaban J connectivity index is 1.74. The maximum atomic E-state index is 13.3. The summed E-state index contributed by atoms with van der Waals surface area (Å²) in [4.78, 5) is 15.9. The molecule has 0 saturated carbocycles. The zero-order valence-corrected chi connectivity index (χ0v) is 13.6. The molecular weight excluding hydrogens is 337 g/mol. The van der Waals surface area contributed by atoms with Gasteiger partial charge < -0.3 is 5.32 Å². The lowest BCUT2D eigenvalue weighted by Gasteiger charge is -2.31. The Morgan fingerprint density at radius 2 is 2.08 bits per heavy atom. The molecule has 0 spiro atoms. The minimum Gasteiger partial charge on any atom is -0.326 e. The van der Waals surface area contributed by atoms with Gasteiger partial charge in [0.25, 0.3) is 5.82 Å². The number of fused-ring (bicyclic) bond motifs is 1. The number of rotatable bonds is 3. The predicted molar refractivity (Wildman–Crippen MR) is 90.2 cm³/mol. The van der Waals surface area contributed by atoms with Gasteiger partial charge in [-0.15, -0.1) is 0 Å². The van der Waals surface area contributed by atoms with Crippen molar-refractivity contribution in [2.75, 3.05) is 10.6 Å². The molecule has 1 amide bonds. The Labute approximate surface area is 147 Å². The lowest BCUT2D eigenvalue weighted by Crippen LogP contribution is -2.40. The van der Waals surface area contributed by atoms with Crippen molar-refractivity contribution in [2.24, 2.45) is 5.92 Å². The van der Waals surface area contributed by atoms with E-state index in [1.807, 2.05) is 6.07 Å². The third-order valence-electron chi connectivity index (χ3n) is 4.18. The van der Waals surface area contributed by atoms with Crippen LogP contribution in [-0.4, -0.2) is 26.1 Å². The third-order valence-corrected chi connectivity index (χ3v) is 4.18. The van der Waals surface area contributed by atoms with Crippen molar-refractivity contribution in [1.29, 1.82) is 0 Å². The number of hydrogen-bond donors (Lipinski definition) is 2. The number of aromatic nitrogens is 5. The Morgan fingerprint density at radius 3 is 2.81 bits per heavy atom. The van der Waals surface area contributed by atoms with Crippen LogP contribution in [0.2, 0.25) is 0 Å². The fourth-order valence-corrected chi connectivity index (χ4v) is 2.99. The van der Waals surface area contributed by atoms with Gasteiger partial charge in [-0.1, -0.05) is 29.9 Å². The zero-order valence-electron chi connectivity index (χ0n) is 13.6. The van der Waals surface area contributed by atoms with Crippen LogP contribution < -0.4 is 15.6 Å². The van der Waals surface area contributed by atoms with Crippen LogP contribution in [0.5, 0.6) is 0 Å². The van der Waals surface area contributed by atoms with Crippen molar-refractivity contribution >= 4 is 17.7 Å². The number of hydrogen-bond acceptors (Lipinski definition) is 5. The molecule has 1 aliphatic rings. The molecule has 0 saturated heterocycles. The van der Waals surface area contributed by atoms with Gasteiger partial charge in [0.2, 0.25) is 5.95 Å². The second kappa shape index (κ2) is 6.36. The van der Waals surface area contributed by atoms with E-state index in [2.05, 4.69) is 37.7 Å². The van der Waals surface area contributed by atoms with E-state index < -0.39 is 12.0 Å². The molecule has 8 nitrogen and oxygen atoms in total. The molecule has 130 valence electrons. The van der Waals surface area contributed by atoms with E-state index in [0.29, 0.717) is 23.0 Å². The second-order valence-corrected chi connectivity index (χ2v) is 5.84. The number of benzene rings is 1. The van der Waals surface area contributed by atoms with E-state index in [1.54, 1.807) is 30.5 Å². The first-order valence-electron chi connectivity index (χ1n) is 7.90. The number of nitrogens with one attached hydrogen (secondary N) is 3. The molecule has 1 aromatic carbocycles. The first kappa shape index (κ1) is 15.9. The number of aromatic amines is 1. The van der Waals surface area contributed by atoms with Crippen LogP contribution in [-0.2, 0) is 4.79 Å². The molecule has 26 heavy (non-hydrogen) atoms. The number of halogens is 1. The summed E-state index contributed by atoms with van der Waals surface area (Å²) in [7, 11) is 0. The van der Waals surface area contributed by atoms with Gasteiger partial charge in [-0.2, -0.15) is 0 Å². The second-order valence-electron chi connectivity index (χ2n) is 5.84. The van der Waals surface area contributed by atoms with Crippen molar-refractivity contribution < 1.29 is 14.2 Å². The SMILES string of the molecule is C=C1Nc2nnnn2C(c2ccc(F)cc2)C1C(=O)Nc1cccc[nH+]1. The first-order chi connectivity index (χ1) is 12.6. The molecule has 2 atom stereocenters. The quantitative estimate of drug-likeness (QED) is 0.743. The van der Waals surface area contributed by atoms with Crippen LogP contribution in [0.15, 0.2) is 60.9 Å². The normalized spacial score (nSPS) is 18.7. The molecule has 2 aromatic heterocycles. The van der Waals surface area contributed by atoms with Crippen LogP contribution in [0.25, 0.3) is 0 Å². The molecule has 3 N–H and O–H groups in total. The van der Waals surface area contributed by atoms with Gasteiger partial charge in [-0.3, -0.25) is 0 Å². The first-order valence-corrected chi connectivity index (χ1v) is 7.90. The number of tetrazole rings is 1. The standard InChI is InChI=1S/C17H14FN7O/c1-10-14(16(26)21-13-4-2-3-9-19-13)15(11-5-7-12(18)8-6-11)25-17(20-10)22-23-24-25/h2-9,14-15H,1H2,(H,19,21,26)(H,20,22,24)/p+1. The van der Waals surface area contributed by atoms with Crippen LogP contribution in [0, 0.1) is 11.7 Å². The van der Waals surface area contributed by atoms with E-state index in [9.17, 15) is 9.18 Å². The molecule has 9 heteroatoms. The van der Waals surface area contributed by atoms with Crippen molar-refractivity contribution in [3.05, 3.63) is 72.3 Å². The van der Waals surface area contributed by atoms with E-state index in [0.717, 1.165) is 0 Å². The van der Waals surface area contributed by atoms with Crippen LogP contribution >= 0.6 is 0 Å². The summed E-state index contributed by atoms with van der Waals surface area (Å²) in [5.74, 6) is -0.436. The lowest BCUT2D eigenvalue weighted by atomic mass is 9.88. The largest absolute Gasteiger partial charge is 0.326 e. The minimum absolute atomic E-state index is 0.291. The summed E-state index contributed by atoms with van der Waals surface area (Å²) in [5, 5.41) is 17.3. The minimum atomic E-state index is -0.704. The zero-order chi connectivity index (χ0) is 18.1. The van der Waals surface area contributed by atoms with Gasteiger partial charge >= 0.3 is 5.91 Å². The van der Waals surface area contributed by atoms with Crippen LogP contribution in [0.1, 0.15) is 11.6 Å². The van der Waals surface area contributed by atoms with Gasteiger partial charge in [-0.25, -0.2) is 24.2 Å². The molecular formula is C17H15FN7O+. The number of H-pyrrole nitrogens is 1. The Morgan fingerprint density at radius 1 is 1.27 bits per heavy atom. The summed E-state index contributed by atoms with van der Waals surface area (Å²) in [6, 6.07) is 10.7.